The van der Waals surface area contributed by atoms with Crippen LogP contribution in [0, 0.1) is 0 Å². The molecule has 21 heavy (non-hydrogen) atoms. The molecule has 0 amide bonds. The molecular weight excluding hydrogens is 398 g/mol. The molecule has 112 valence electrons. The average molecular weight is 415 g/mol. The van der Waals surface area contributed by atoms with E-state index in [4.69, 9.17) is 10.5 Å². The van der Waals surface area contributed by atoms with Crippen LogP contribution in [0.4, 0.5) is 11.5 Å². The van der Waals surface area contributed by atoms with Gasteiger partial charge < -0.3 is 15.4 Å². The molecule has 1 aromatic heterocycles. The van der Waals surface area contributed by atoms with Gasteiger partial charge in [0.1, 0.15) is 11.6 Å². The summed E-state index contributed by atoms with van der Waals surface area (Å²) >= 11 is 7.00. The number of halogens is 2. The van der Waals surface area contributed by atoms with Gasteiger partial charge in [0.25, 0.3) is 0 Å². The van der Waals surface area contributed by atoms with Gasteiger partial charge in [-0.25, -0.2) is 4.98 Å². The van der Waals surface area contributed by atoms with Crippen molar-refractivity contribution in [2.24, 2.45) is 5.73 Å². The van der Waals surface area contributed by atoms with E-state index in [0.717, 1.165) is 39.2 Å². The fourth-order valence-corrected chi connectivity index (χ4v) is 3.25. The van der Waals surface area contributed by atoms with Gasteiger partial charge in [-0.2, -0.15) is 0 Å². The van der Waals surface area contributed by atoms with E-state index in [0.29, 0.717) is 6.54 Å². The van der Waals surface area contributed by atoms with Crippen molar-refractivity contribution in [2.45, 2.75) is 6.42 Å². The van der Waals surface area contributed by atoms with Gasteiger partial charge in [0.2, 0.25) is 0 Å². The Hall–Kier alpha value is -1.11. The zero-order valence-electron chi connectivity index (χ0n) is 11.7. The molecule has 0 spiro atoms. The molecule has 2 rings (SSSR count). The van der Waals surface area contributed by atoms with E-state index in [2.05, 4.69) is 41.7 Å². The number of para-hydroxylation sites is 2. The highest BCUT2D eigenvalue weighted by Gasteiger charge is 2.17. The van der Waals surface area contributed by atoms with Gasteiger partial charge in [0.05, 0.1) is 17.3 Å². The predicted molar refractivity (Wildman–Crippen MR) is 93.3 cm³/mol. The number of anilines is 2. The Balaban J connectivity index is 2.47. The van der Waals surface area contributed by atoms with Crippen LogP contribution < -0.4 is 15.4 Å². The molecule has 0 unspecified atom stereocenters. The van der Waals surface area contributed by atoms with Gasteiger partial charge in [-0.3, -0.25) is 0 Å². The lowest BCUT2D eigenvalue weighted by molar-refractivity contribution is 0.415. The third kappa shape index (κ3) is 3.96. The predicted octanol–water partition coefficient (Wildman–Crippen LogP) is 4.10. The number of hydrogen-bond acceptors (Lipinski definition) is 4. The Bertz CT molecular complexity index is 607. The summed E-state index contributed by atoms with van der Waals surface area (Å²) in [5, 5.41) is 0. The van der Waals surface area contributed by atoms with Crippen molar-refractivity contribution in [1.29, 1.82) is 0 Å². The van der Waals surface area contributed by atoms with Crippen LogP contribution in [-0.4, -0.2) is 25.2 Å². The van der Waals surface area contributed by atoms with Crippen LogP contribution in [0.5, 0.6) is 5.75 Å². The van der Waals surface area contributed by atoms with Crippen LogP contribution >= 0.6 is 31.9 Å². The molecule has 1 heterocycles. The van der Waals surface area contributed by atoms with Gasteiger partial charge in [0.15, 0.2) is 0 Å². The summed E-state index contributed by atoms with van der Waals surface area (Å²) in [7, 11) is 1.67. The molecule has 4 nitrogen and oxygen atoms in total. The van der Waals surface area contributed by atoms with Crippen molar-refractivity contribution in [2.75, 3.05) is 25.1 Å². The van der Waals surface area contributed by atoms with Crippen molar-refractivity contribution >= 4 is 43.4 Å². The first-order chi connectivity index (χ1) is 10.2. The van der Waals surface area contributed by atoms with E-state index in [1.807, 2.05) is 30.3 Å². The normalized spacial score (nSPS) is 10.5. The standard InChI is InChI=1S/C15H17Br2N3O/c1-21-14-6-3-2-5-13(14)20(8-4-7-18)15-12(17)9-11(16)10-19-15/h2-3,5-6,9-10H,4,7-8,18H2,1H3. The minimum Gasteiger partial charge on any atom is -0.495 e. The highest BCUT2D eigenvalue weighted by molar-refractivity contribution is 9.11. The highest BCUT2D eigenvalue weighted by atomic mass is 79.9. The summed E-state index contributed by atoms with van der Waals surface area (Å²) < 4.78 is 7.31. The van der Waals surface area contributed by atoms with Crippen molar-refractivity contribution in [1.82, 2.24) is 4.98 Å². The minimum absolute atomic E-state index is 0.625. The molecule has 0 bridgehead atoms. The maximum absolute atomic E-state index is 5.67. The third-order valence-electron chi connectivity index (χ3n) is 3.01. The summed E-state index contributed by atoms with van der Waals surface area (Å²) in [4.78, 5) is 6.63. The smallest absolute Gasteiger partial charge is 0.147 e. The van der Waals surface area contributed by atoms with E-state index < -0.39 is 0 Å². The molecular formula is C15H17Br2N3O. The molecule has 0 aliphatic rings. The second-order valence-corrected chi connectivity index (χ2v) is 6.19. The quantitative estimate of drug-likeness (QED) is 0.772. The fraction of sp³-hybridized carbons (Fsp3) is 0.267. The van der Waals surface area contributed by atoms with Crippen LogP contribution in [-0.2, 0) is 0 Å². The molecule has 0 aliphatic heterocycles. The molecule has 0 saturated heterocycles. The molecule has 0 radical (unpaired) electrons. The maximum Gasteiger partial charge on any atom is 0.147 e. The lowest BCUT2D eigenvalue weighted by Gasteiger charge is -2.26. The molecule has 6 heteroatoms. The van der Waals surface area contributed by atoms with Gasteiger partial charge in [-0.15, -0.1) is 0 Å². The number of ether oxygens (including phenoxy) is 1. The number of hydrogen-bond donors (Lipinski definition) is 1. The number of rotatable bonds is 6. The molecule has 1 aromatic carbocycles. The van der Waals surface area contributed by atoms with E-state index in [-0.39, 0.29) is 0 Å². The first-order valence-electron chi connectivity index (χ1n) is 6.59. The zero-order valence-corrected chi connectivity index (χ0v) is 14.9. The Morgan fingerprint density at radius 1 is 1.29 bits per heavy atom. The summed E-state index contributed by atoms with van der Waals surface area (Å²) in [6, 6.07) is 9.88. The van der Waals surface area contributed by atoms with E-state index in [1.165, 1.54) is 0 Å². The number of nitrogens with zero attached hydrogens (tertiary/aromatic N) is 2. The second kappa shape index (κ2) is 7.77. The van der Waals surface area contributed by atoms with Crippen LogP contribution in [0.1, 0.15) is 6.42 Å². The van der Waals surface area contributed by atoms with Crippen molar-refractivity contribution < 1.29 is 4.74 Å². The molecule has 2 N–H and O–H groups in total. The van der Waals surface area contributed by atoms with Crippen LogP contribution in [0.25, 0.3) is 0 Å². The van der Waals surface area contributed by atoms with Crippen molar-refractivity contribution in [3.63, 3.8) is 0 Å². The minimum atomic E-state index is 0.625. The summed E-state index contributed by atoms with van der Waals surface area (Å²) in [5.41, 5.74) is 6.64. The SMILES string of the molecule is COc1ccccc1N(CCCN)c1ncc(Br)cc1Br. The number of pyridine rings is 1. The van der Waals surface area contributed by atoms with Crippen LogP contribution in [0.3, 0.4) is 0 Å². The summed E-state index contributed by atoms with van der Waals surface area (Å²) in [6.07, 6.45) is 2.65. The summed E-state index contributed by atoms with van der Waals surface area (Å²) in [5.74, 6) is 1.65. The van der Waals surface area contributed by atoms with Gasteiger partial charge >= 0.3 is 0 Å². The molecule has 0 aliphatic carbocycles. The third-order valence-corrected chi connectivity index (χ3v) is 4.02. The van der Waals surface area contributed by atoms with Gasteiger partial charge in [-0.1, -0.05) is 12.1 Å². The van der Waals surface area contributed by atoms with Crippen molar-refractivity contribution in [3.8, 4) is 5.75 Å². The Morgan fingerprint density at radius 3 is 2.71 bits per heavy atom. The average Bonchev–Trinajstić information content (AvgIpc) is 2.49. The Morgan fingerprint density at radius 2 is 2.05 bits per heavy atom. The first-order valence-corrected chi connectivity index (χ1v) is 8.17. The molecule has 0 fully saturated rings. The fourth-order valence-electron chi connectivity index (χ4n) is 2.05. The van der Waals surface area contributed by atoms with E-state index in [1.54, 1.807) is 13.3 Å². The maximum atomic E-state index is 5.67. The molecule has 0 atom stereocenters. The number of nitrogens with two attached hydrogens (primary N) is 1. The first kappa shape index (κ1) is 16.3. The van der Waals surface area contributed by atoms with E-state index >= 15 is 0 Å². The lowest BCUT2D eigenvalue weighted by atomic mass is 10.2. The topological polar surface area (TPSA) is 51.4 Å². The molecule has 2 aromatic rings. The lowest BCUT2D eigenvalue weighted by Crippen LogP contribution is -2.22. The second-order valence-electron chi connectivity index (χ2n) is 4.42. The number of aromatic nitrogens is 1. The van der Waals surface area contributed by atoms with Crippen LogP contribution in [0.2, 0.25) is 0 Å². The van der Waals surface area contributed by atoms with Gasteiger partial charge in [-0.05, 0) is 63.0 Å². The molecule has 0 saturated carbocycles. The largest absolute Gasteiger partial charge is 0.495 e. The zero-order chi connectivity index (χ0) is 15.2. The van der Waals surface area contributed by atoms with E-state index in [9.17, 15) is 0 Å². The highest BCUT2D eigenvalue weighted by Crippen LogP contribution is 2.36. The monoisotopic (exact) mass is 413 g/mol. The number of methoxy groups -OCH3 is 1. The number of benzene rings is 1. The van der Waals surface area contributed by atoms with Gasteiger partial charge in [0, 0.05) is 17.2 Å². The van der Waals surface area contributed by atoms with Crippen LogP contribution in [0.15, 0.2) is 45.5 Å². The van der Waals surface area contributed by atoms with Crippen molar-refractivity contribution in [3.05, 3.63) is 45.5 Å². The Labute approximate surface area is 141 Å². The summed E-state index contributed by atoms with van der Waals surface area (Å²) in [6.45, 7) is 1.39. The Kier molecular flexibility index (Phi) is 6.02.